The van der Waals surface area contributed by atoms with Gasteiger partial charge in [-0.2, -0.15) is 0 Å². The van der Waals surface area contributed by atoms with Gasteiger partial charge in [-0.25, -0.2) is 9.97 Å². The predicted molar refractivity (Wildman–Crippen MR) is 144 cm³/mol. The Morgan fingerprint density at radius 1 is 1.11 bits per heavy atom. The van der Waals surface area contributed by atoms with Crippen molar-refractivity contribution in [1.29, 1.82) is 0 Å². The molecule has 0 atom stereocenters. The monoisotopic (exact) mass is 504 g/mol. The van der Waals surface area contributed by atoms with E-state index in [0.717, 1.165) is 22.0 Å². The fourth-order valence-electron chi connectivity index (χ4n) is 4.02. The molecule has 2 aromatic heterocycles. The van der Waals surface area contributed by atoms with E-state index < -0.39 is 0 Å². The predicted octanol–water partition coefficient (Wildman–Crippen LogP) is 4.74. The summed E-state index contributed by atoms with van der Waals surface area (Å²) < 4.78 is 0. The molecule has 0 unspecified atom stereocenters. The number of anilines is 2. The summed E-state index contributed by atoms with van der Waals surface area (Å²) in [6, 6.07) is 13.6. The molecule has 0 radical (unpaired) electrons. The van der Waals surface area contributed by atoms with Gasteiger partial charge in [0.25, 0.3) is 0 Å². The average molecular weight is 505 g/mol. The second-order valence-electron chi connectivity index (χ2n) is 8.95. The highest BCUT2D eigenvalue weighted by molar-refractivity contribution is 6.33. The Morgan fingerprint density at radius 3 is 2.64 bits per heavy atom. The number of H-pyrrole nitrogens is 1. The number of aromatic nitrogens is 3. The zero-order valence-corrected chi connectivity index (χ0v) is 21.6. The van der Waals surface area contributed by atoms with Crippen LogP contribution >= 0.6 is 11.6 Å². The first kappa shape index (κ1) is 25.3. The molecule has 186 valence electrons. The fourth-order valence-corrected chi connectivity index (χ4v) is 4.22. The van der Waals surface area contributed by atoms with Crippen molar-refractivity contribution in [2.75, 3.05) is 37.9 Å². The molecular weight excluding hydrogens is 476 g/mol. The van der Waals surface area contributed by atoms with Gasteiger partial charge in [0.05, 0.1) is 22.1 Å². The van der Waals surface area contributed by atoms with Crippen LogP contribution in [0.4, 0.5) is 11.4 Å². The molecule has 2 amide bonds. The average Bonchev–Trinajstić information content (AvgIpc) is 3.27. The van der Waals surface area contributed by atoms with Gasteiger partial charge in [0, 0.05) is 62.2 Å². The lowest BCUT2D eigenvalue weighted by Gasteiger charge is -2.22. The summed E-state index contributed by atoms with van der Waals surface area (Å²) in [6.45, 7) is 2.09. The molecule has 4 aromatic rings. The molecule has 0 bridgehead atoms. The molecule has 0 aliphatic rings. The minimum Gasteiger partial charge on any atom is -0.360 e. The first-order valence-corrected chi connectivity index (χ1v) is 12.0. The summed E-state index contributed by atoms with van der Waals surface area (Å²) in [5.74, 6) is 0.344. The first-order valence-electron chi connectivity index (χ1n) is 11.6. The van der Waals surface area contributed by atoms with E-state index in [2.05, 4.69) is 15.3 Å². The molecule has 0 aliphatic carbocycles. The number of hydrogen-bond donors (Lipinski definition) is 2. The molecule has 0 saturated heterocycles. The maximum atomic E-state index is 12.7. The molecule has 0 saturated carbocycles. The summed E-state index contributed by atoms with van der Waals surface area (Å²) >= 11 is 6.48. The zero-order valence-electron chi connectivity index (χ0n) is 20.8. The second-order valence-corrected chi connectivity index (χ2v) is 9.35. The normalized spacial score (nSPS) is 11.2. The van der Waals surface area contributed by atoms with E-state index in [-0.39, 0.29) is 11.8 Å². The lowest BCUT2D eigenvalue weighted by Crippen LogP contribution is -2.30. The van der Waals surface area contributed by atoms with E-state index in [9.17, 15) is 9.59 Å². The number of nitrogens with zero attached hydrogens (tertiary/aromatic N) is 4. The van der Waals surface area contributed by atoms with Crippen molar-refractivity contribution < 1.29 is 9.59 Å². The van der Waals surface area contributed by atoms with Gasteiger partial charge in [-0.05, 0) is 37.9 Å². The van der Waals surface area contributed by atoms with Crippen LogP contribution in [0.1, 0.15) is 24.7 Å². The molecule has 0 spiro atoms. The number of fused-ring (bicyclic) bond motifs is 1. The highest BCUT2D eigenvalue weighted by atomic mass is 35.5. The Kier molecular flexibility index (Phi) is 7.67. The smallest absolute Gasteiger partial charge is 0.228 e. The number of nitrogens with one attached hydrogen (secondary N) is 2. The Balaban J connectivity index is 1.63. The van der Waals surface area contributed by atoms with Crippen LogP contribution in [0.3, 0.4) is 0 Å². The molecule has 0 fully saturated rings. The number of amides is 2. The van der Waals surface area contributed by atoms with Gasteiger partial charge in [-0.3, -0.25) is 9.59 Å². The maximum absolute atomic E-state index is 12.7. The van der Waals surface area contributed by atoms with E-state index in [1.54, 1.807) is 18.1 Å². The number of benzene rings is 2. The topological polar surface area (TPSA) is 94.2 Å². The number of rotatable bonds is 8. The summed E-state index contributed by atoms with van der Waals surface area (Å²) in [6.07, 6.45) is 4.31. The Morgan fingerprint density at radius 2 is 1.89 bits per heavy atom. The SMILES string of the molecule is CC(=O)Nc1cc(Cc2ncc(Cl)c(-c3c[nH]c4ccccc34)n2)ccc1N(C)C(=O)CCN(C)C. The standard InChI is InChI=1S/C27H29ClN6O2/c1-17(35)31-23-13-18(9-10-24(23)34(4)26(36)11-12-33(2)3)14-25-30-16-21(28)27(32-25)20-15-29-22-8-6-5-7-19(20)22/h5-10,13,15-16,29H,11-12,14H2,1-4H3,(H,31,35). The summed E-state index contributed by atoms with van der Waals surface area (Å²) in [5, 5.41) is 4.35. The number of carbonyl (C=O) groups excluding carboxylic acids is 2. The second kappa shape index (κ2) is 10.9. The van der Waals surface area contributed by atoms with Crippen molar-refractivity contribution in [1.82, 2.24) is 19.9 Å². The molecule has 2 aromatic carbocycles. The number of carbonyl (C=O) groups is 2. The van der Waals surface area contributed by atoms with Crippen molar-refractivity contribution in [3.8, 4) is 11.3 Å². The minimum absolute atomic E-state index is 0.0348. The molecular formula is C27H29ClN6O2. The third-order valence-corrected chi connectivity index (χ3v) is 6.16. The maximum Gasteiger partial charge on any atom is 0.228 e. The van der Waals surface area contributed by atoms with Crippen LogP contribution in [0, 0.1) is 0 Å². The highest BCUT2D eigenvalue weighted by Gasteiger charge is 2.17. The van der Waals surface area contributed by atoms with Gasteiger partial charge < -0.3 is 20.1 Å². The van der Waals surface area contributed by atoms with Gasteiger partial charge in [-0.1, -0.05) is 35.9 Å². The van der Waals surface area contributed by atoms with Gasteiger partial charge >= 0.3 is 0 Å². The van der Waals surface area contributed by atoms with Crippen LogP contribution in [0.5, 0.6) is 0 Å². The van der Waals surface area contributed by atoms with Gasteiger partial charge in [0.1, 0.15) is 5.82 Å². The highest BCUT2D eigenvalue weighted by Crippen LogP contribution is 2.32. The molecule has 36 heavy (non-hydrogen) atoms. The largest absolute Gasteiger partial charge is 0.360 e. The van der Waals surface area contributed by atoms with Crippen molar-refractivity contribution in [2.24, 2.45) is 0 Å². The Hall–Kier alpha value is -3.75. The van der Waals surface area contributed by atoms with E-state index >= 15 is 0 Å². The molecule has 2 N–H and O–H groups in total. The van der Waals surface area contributed by atoms with Gasteiger partial charge in [0.2, 0.25) is 11.8 Å². The summed E-state index contributed by atoms with van der Waals surface area (Å²) in [7, 11) is 5.56. The number of para-hydroxylation sites is 1. The van der Waals surface area contributed by atoms with Crippen LogP contribution in [-0.4, -0.2) is 59.4 Å². The van der Waals surface area contributed by atoms with E-state index in [4.69, 9.17) is 16.6 Å². The third-order valence-electron chi connectivity index (χ3n) is 5.88. The van der Waals surface area contributed by atoms with Crippen molar-refractivity contribution in [2.45, 2.75) is 19.8 Å². The van der Waals surface area contributed by atoms with E-state index in [0.29, 0.717) is 47.3 Å². The number of halogens is 1. The number of aromatic amines is 1. The molecule has 2 heterocycles. The van der Waals surface area contributed by atoms with Crippen molar-refractivity contribution in [3.05, 3.63) is 71.3 Å². The van der Waals surface area contributed by atoms with Crippen LogP contribution < -0.4 is 10.2 Å². The summed E-state index contributed by atoms with van der Waals surface area (Å²) in [4.78, 5) is 40.6. The van der Waals surface area contributed by atoms with Gasteiger partial charge in [-0.15, -0.1) is 0 Å². The van der Waals surface area contributed by atoms with Gasteiger partial charge in [0.15, 0.2) is 0 Å². The Labute approximate surface area is 215 Å². The quantitative estimate of drug-likeness (QED) is 0.361. The Bertz CT molecular complexity index is 1410. The van der Waals surface area contributed by atoms with Crippen molar-refractivity contribution >= 4 is 45.7 Å². The van der Waals surface area contributed by atoms with E-state index in [1.165, 1.54) is 6.92 Å². The number of hydrogen-bond acceptors (Lipinski definition) is 5. The van der Waals surface area contributed by atoms with E-state index in [1.807, 2.05) is 67.7 Å². The van der Waals surface area contributed by atoms with Crippen molar-refractivity contribution in [3.63, 3.8) is 0 Å². The fraction of sp³-hybridized carbons (Fsp3) is 0.259. The van der Waals surface area contributed by atoms with Crippen LogP contribution in [0.25, 0.3) is 22.2 Å². The summed E-state index contributed by atoms with van der Waals surface area (Å²) in [5.41, 5.74) is 4.66. The lowest BCUT2D eigenvalue weighted by molar-refractivity contribution is -0.118. The van der Waals surface area contributed by atoms with Crippen LogP contribution in [0.15, 0.2) is 54.9 Å². The molecule has 4 rings (SSSR count). The third kappa shape index (κ3) is 5.72. The lowest BCUT2D eigenvalue weighted by atomic mass is 10.1. The molecule has 9 heteroatoms. The zero-order chi connectivity index (χ0) is 25.8. The van der Waals surface area contributed by atoms with Crippen LogP contribution in [-0.2, 0) is 16.0 Å². The molecule has 0 aliphatic heterocycles. The minimum atomic E-state index is -0.216. The first-order chi connectivity index (χ1) is 17.2. The van der Waals surface area contributed by atoms with Crippen LogP contribution in [0.2, 0.25) is 5.02 Å². The molecule has 8 nitrogen and oxygen atoms in total.